The molecule has 2 aromatic heterocycles. The highest BCUT2D eigenvalue weighted by atomic mass is 16.5. The first-order chi connectivity index (χ1) is 13.8. The second-order valence-electron chi connectivity index (χ2n) is 6.58. The minimum Gasteiger partial charge on any atom is -0.383 e. The SMILES string of the molecule is CCc1nncn1CCNC(=NCCOC)N1CCN(c2ccccn2)CC1. The van der Waals surface area contributed by atoms with E-state index in [2.05, 4.69) is 47.9 Å². The number of nitrogens with one attached hydrogen (secondary N) is 1. The van der Waals surface area contributed by atoms with Gasteiger partial charge in [-0.05, 0) is 12.1 Å². The Bertz CT molecular complexity index is 725. The lowest BCUT2D eigenvalue weighted by Gasteiger charge is -2.37. The molecule has 3 heterocycles. The molecule has 1 saturated heterocycles. The van der Waals surface area contributed by atoms with Crippen molar-refractivity contribution in [2.24, 2.45) is 4.99 Å². The number of pyridine rings is 1. The molecule has 28 heavy (non-hydrogen) atoms. The first-order valence-electron chi connectivity index (χ1n) is 9.86. The van der Waals surface area contributed by atoms with E-state index in [1.165, 1.54) is 0 Å². The maximum atomic E-state index is 5.16. The molecule has 0 aromatic carbocycles. The normalized spacial score (nSPS) is 15.1. The monoisotopic (exact) mass is 386 g/mol. The number of nitrogens with zero attached hydrogens (tertiary/aromatic N) is 7. The maximum Gasteiger partial charge on any atom is 0.194 e. The fourth-order valence-corrected chi connectivity index (χ4v) is 3.23. The van der Waals surface area contributed by atoms with Gasteiger partial charge in [-0.25, -0.2) is 4.98 Å². The van der Waals surface area contributed by atoms with E-state index in [9.17, 15) is 0 Å². The van der Waals surface area contributed by atoms with Crippen molar-refractivity contribution in [3.05, 3.63) is 36.5 Å². The summed E-state index contributed by atoms with van der Waals surface area (Å²) in [7, 11) is 1.70. The van der Waals surface area contributed by atoms with E-state index in [0.717, 1.165) is 63.3 Å². The van der Waals surface area contributed by atoms with Crippen LogP contribution >= 0.6 is 0 Å². The molecule has 1 aliphatic rings. The zero-order valence-corrected chi connectivity index (χ0v) is 16.8. The Morgan fingerprint density at radius 3 is 2.82 bits per heavy atom. The Balaban J connectivity index is 1.55. The van der Waals surface area contributed by atoms with Gasteiger partial charge in [-0.2, -0.15) is 0 Å². The molecule has 0 unspecified atom stereocenters. The first kappa shape index (κ1) is 20.1. The number of piperazine rings is 1. The summed E-state index contributed by atoms with van der Waals surface area (Å²) >= 11 is 0. The molecule has 0 aliphatic carbocycles. The number of aromatic nitrogens is 4. The molecular weight excluding hydrogens is 356 g/mol. The van der Waals surface area contributed by atoms with Crippen LogP contribution in [0.1, 0.15) is 12.7 Å². The molecular formula is C19H30N8O. The van der Waals surface area contributed by atoms with Crippen LogP contribution < -0.4 is 10.2 Å². The van der Waals surface area contributed by atoms with Gasteiger partial charge < -0.3 is 24.4 Å². The molecule has 0 bridgehead atoms. The van der Waals surface area contributed by atoms with Crippen molar-refractivity contribution in [2.75, 3.05) is 57.9 Å². The lowest BCUT2D eigenvalue weighted by atomic mass is 10.3. The van der Waals surface area contributed by atoms with Gasteiger partial charge in [0.25, 0.3) is 0 Å². The van der Waals surface area contributed by atoms with Crippen LogP contribution in [0.15, 0.2) is 35.7 Å². The van der Waals surface area contributed by atoms with Crippen LogP contribution in [-0.2, 0) is 17.7 Å². The van der Waals surface area contributed by atoms with E-state index >= 15 is 0 Å². The molecule has 1 fully saturated rings. The van der Waals surface area contributed by atoms with E-state index in [1.54, 1.807) is 13.4 Å². The first-order valence-corrected chi connectivity index (χ1v) is 9.86. The molecule has 0 spiro atoms. The summed E-state index contributed by atoms with van der Waals surface area (Å²) in [5, 5.41) is 11.6. The Kier molecular flexibility index (Phi) is 7.60. The van der Waals surface area contributed by atoms with Crippen molar-refractivity contribution in [1.82, 2.24) is 30.0 Å². The number of guanidine groups is 1. The summed E-state index contributed by atoms with van der Waals surface area (Å²) in [6, 6.07) is 6.04. The fourth-order valence-electron chi connectivity index (χ4n) is 3.23. The average Bonchev–Trinajstić information content (AvgIpc) is 3.21. The van der Waals surface area contributed by atoms with Crippen molar-refractivity contribution in [3.63, 3.8) is 0 Å². The molecule has 0 amide bonds. The third kappa shape index (κ3) is 5.41. The standard InChI is InChI=1S/C19H30N8O/c1-3-17-24-23-16-27(17)10-8-21-19(22-9-15-28-2)26-13-11-25(12-14-26)18-6-4-5-7-20-18/h4-7,16H,3,8-15H2,1-2H3,(H,21,22). The highest BCUT2D eigenvalue weighted by Crippen LogP contribution is 2.12. The smallest absolute Gasteiger partial charge is 0.194 e. The second-order valence-corrected chi connectivity index (χ2v) is 6.58. The summed E-state index contributed by atoms with van der Waals surface area (Å²) in [5.74, 6) is 2.97. The van der Waals surface area contributed by atoms with E-state index in [-0.39, 0.29) is 0 Å². The quantitative estimate of drug-likeness (QED) is 0.405. The summed E-state index contributed by atoms with van der Waals surface area (Å²) < 4.78 is 7.24. The number of ether oxygens (including phenoxy) is 1. The second kappa shape index (κ2) is 10.6. The van der Waals surface area contributed by atoms with Gasteiger partial charge in [-0.15, -0.1) is 10.2 Å². The number of hydrogen-bond acceptors (Lipinski definition) is 6. The molecule has 0 atom stereocenters. The highest BCUT2D eigenvalue weighted by Gasteiger charge is 2.20. The Morgan fingerprint density at radius 2 is 2.11 bits per heavy atom. The molecule has 9 nitrogen and oxygen atoms in total. The maximum absolute atomic E-state index is 5.16. The van der Waals surface area contributed by atoms with Crippen LogP contribution in [0.4, 0.5) is 5.82 Å². The fraction of sp³-hybridized carbons (Fsp3) is 0.579. The molecule has 1 aliphatic heterocycles. The van der Waals surface area contributed by atoms with Gasteiger partial charge in [0, 0.05) is 59.0 Å². The van der Waals surface area contributed by atoms with Crippen LogP contribution in [0.2, 0.25) is 0 Å². The van der Waals surface area contributed by atoms with Crippen LogP contribution in [0, 0.1) is 0 Å². The van der Waals surface area contributed by atoms with Crippen molar-refractivity contribution in [1.29, 1.82) is 0 Å². The van der Waals surface area contributed by atoms with E-state index in [4.69, 9.17) is 9.73 Å². The molecule has 0 radical (unpaired) electrons. The molecule has 3 rings (SSSR count). The van der Waals surface area contributed by atoms with Gasteiger partial charge in [0.15, 0.2) is 5.96 Å². The zero-order valence-electron chi connectivity index (χ0n) is 16.8. The van der Waals surface area contributed by atoms with Gasteiger partial charge in [0.1, 0.15) is 18.0 Å². The van der Waals surface area contributed by atoms with Gasteiger partial charge in [0.05, 0.1) is 13.2 Å². The number of aryl methyl sites for hydroxylation is 1. The molecule has 152 valence electrons. The largest absolute Gasteiger partial charge is 0.383 e. The van der Waals surface area contributed by atoms with Crippen molar-refractivity contribution in [3.8, 4) is 0 Å². The topological polar surface area (TPSA) is 83.7 Å². The summed E-state index contributed by atoms with van der Waals surface area (Å²) in [5.41, 5.74) is 0. The Hall–Kier alpha value is -2.68. The predicted octanol–water partition coefficient (Wildman–Crippen LogP) is 0.650. The van der Waals surface area contributed by atoms with Gasteiger partial charge >= 0.3 is 0 Å². The summed E-state index contributed by atoms with van der Waals surface area (Å²) in [6.07, 6.45) is 4.51. The minimum atomic E-state index is 0.616. The van der Waals surface area contributed by atoms with E-state index in [0.29, 0.717) is 13.2 Å². The number of hydrogen-bond donors (Lipinski definition) is 1. The van der Waals surface area contributed by atoms with Crippen molar-refractivity contribution < 1.29 is 4.74 Å². The lowest BCUT2D eigenvalue weighted by Crippen LogP contribution is -2.53. The number of aliphatic imine (C=N–C) groups is 1. The summed E-state index contributed by atoms with van der Waals surface area (Å²) in [4.78, 5) is 13.8. The Morgan fingerprint density at radius 1 is 1.25 bits per heavy atom. The van der Waals surface area contributed by atoms with Crippen molar-refractivity contribution >= 4 is 11.8 Å². The summed E-state index contributed by atoms with van der Waals surface area (Å²) in [6.45, 7) is 8.60. The van der Waals surface area contributed by atoms with Crippen LogP contribution in [0.25, 0.3) is 0 Å². The third-order valence-corrected chi connectivity index (χ3v) is 4.76. The van der Waals surface area contributed by atoms with Crippen LogP contribution in [0.5, 0.6) is 0 Å². The molecule has 2 aromatic rings. The highest BCUT2D eigenvalue weighted by molar-refractivity contribution is 5.80. The lowest BCUT2D eigenvalue weighted by molar-refractivity contribution is 0.207. The van der Waals surface area contributed by atoms with Gasteiger partial charge in [-0.1, -0.05) is 13.0 Å². The molecule has 0 saturated carbocycles. The van der Waals surface area contributed by atoms with Crippen molar-refractivity contribution in [2.45, 2.75) is 19.9 Å². The van der Waals surface area contributed by atoms with E-state index in [1.807, 2.05) is 18.3 Å². The molecule has 9 heteroatoms. The number of anilines is 1. The number of rotatable bonds is 8. The number of methoxy groups -OCH3 is 1. The minimum absolute atomic E-state index is 0.616. The Labute approximate surface area is 166 Å². The molecule has 1 N–H and O–H groups in total. The third-order valence-electron chi connectivity index (χ3n) is 4.76. The predicted molar refractivity (Wildman–Crippen MR) is 110 cm³/mol. The van der Waals surface area contributed by atoms with Crippen LogP contribution in [0.3, 0.4) is 0 Å². The zero-order chi connectivity index (χ0) is 19.6. The van der Waals surface area contributed by atoms with Gasteiger partial charge in [0.2, 0.25) is 0 Å². The van der Waals surface area contributed by atoms with Gasteiger partial charge in [-0.3, -0.25) is 4.99 Å². The average molecular weight is 387 g/mol. The van der Waals surface area contributed by atoms with Crippen LogP contribution in [-0.4, -0.2) is 83.6 Å². The van der Waals surface area contributed by atoms with E-state index < -0.39 is 0 Å².